The number of halogens is 1. The van der Waals surface area contributed by atoms with Crippen LogP contribution in [-0.4, -0.2) is 49.6 Å². The Bertz CT molecular complexity index is 1370. The molecule has 1 fully saturated rings. The van der Waals surface area contributed by atoms with E-state index in [0.717, 1.165) is 0 Å². The van der Waals surface area contributed by atoms with Crippen LogP contribution in [0, 0.1) is 0 Å². The topological polar surface area (TPSA) is 152 Å². The summed E-state index contributed by atoms with van der Waals surface area (Å²) >= 11 is 6.15. The highest BCUT2D eigenvalue weighted by Crippen LogP contribution is 2.29. The second kappa shape index (κ2) is 8.84. The molecule has 35 heavy (non-hydrogen) atoms. The van der Waals surface area contributed by atoms with Gasteiger partial charge in [0.2, 0.25) is 11.8 Å². The van der Waals surface area contributed by atoms with Crippen molar-refractivity contribution in [3.63, 3.8) is 0 Å². The first-order valence-corrected chi connectivity index (χ1v) is 11.2. The number of benzene rings is 2. The monoisotopic (exact) mass is 493 g/mol. The smallest absolute Gasteiger partial charge is 0.273 e. The fourth-order valence-electron chi connectivity index (χ4n) is 4.22. The number of carbonyl (C=O) groups excluding carboxylic acids is 4. The quantitative estimate of drug-likeness (QED) is 0.356. The van der Waals surface area contributed by atoms with Gasteiger partial charge in [0.25, 0.3) is 11.8 Å². The van der Waals surface area contributed by atoms with Gasteiger partial charge in [-0.15, -0.1) is 5.10 Å². The van der Waals surface area contributed by atoms with Gasteiger partial charge in [0.05, 0.1) is 11.9 Å². The predicted molar refractivity (Wildman–Crippen MR) is 124 cm³/mol. The number of hydrogen-bond acceptors (Lipinski definition) is 7. The number of nitrogens with one attached hydrogen (secondary N) is 2. The largest absolute Gasteiger partial charge is 0.398 e. The van der Waals surface area contributed by atoms with Gasteiger partial charge in [-0.2, -0.15) is 0 Å². The zero-order valence-electron chi connectivity index (χ0n) is 18.3. The Kier molecular flexibility index (Phi) is 5.69. The average Bonchev–Trinajstić information content (AvgIpc) is 3.44. The Morgan fingerprint density at radius 3 is 2.83 bits per heavy atom. The molecule has 2 aliphatic heterocycles. The summed E-state index contributed by atoms with van der Waals surface area (Å²) in [6.07, 6.45) is 1.95. The van der Waals surface area contributed by atoms with E-state index in [1.54, 1.807) is 36.4 Å². The molecule has 1 aromatic heterocycles. The van der Waals surface area contributed by atoms with Crippen molar-refractivity contribution in [2.24, 2.45) is 0 Å². The molecule has 0 bridgehead atoms. The van der Waals surface area contributed by atoms with Gasteiger partial charge in [0, 0.05) is 41.3 Å². The Hall–Kier alpha value is -4.25. The highest BCUT2D eigenvalue weighted by molar-refractivity contribution is 6.31. The molecular formula is C23H20ClN7O4. The Morgan fingerprint density at radius 2 is 2.06 bits per heavy atom. The summed E-state index contributed by atoms with van der Waals surface area (Å²) in [5.41, 5.74) is 8.89. The maximum Gasteiger partial charge on any atom is 0.273 e. The van der Waals surface area contributed by atoms with Gasteiger partial charge in [-0.25, -0.2) is 4.68 Å². The third-order valence-electron chi connectivity index (χ3n) is 6.08. The lowest BCUT2D eigenvalue weighted by molar-refractivity contribution is -0.136. The summed E-state index contributed by atoms with van der Waals surface area (Å²) in [5, 5.41) is 13.4. The van der Waals surface area contributed by atoms with Crippen LogP contribution in [0.5, 0.6) is 0 Å². The average molecular weight is 494 g/mol. The van der Waals surface area contributed by atoms with E-state index < -0.39 is 17.9 Å². The number of carbonyl (C=O) groups is 4. The van der Waals surface area contributed by atoms with E-state index in [-0.39, 0.29) is 37.0 Å². The highest BCUT2D eigenvalue weighted by atomic mass is 35.5. The second-order valence-electron chi connectivity index (χ2n) is 8.28. The number of nitrogens with two attached hydrogens (primary N) is 1. The van der Waals surface area contributed by atoms with Crippen LogP contribution in [0.25, 0.3) is 5.69 Å². The van der Waals surface area contributed by atoms with E-state index in [9.17, 15) is 19.2 Å². The van der Waals surface area contributed by atoms with Crippen molar-refractivity contribution in [1.82, 2.24) is 30.5 Å². The van der Waals surface area contributed by atoms with E-state index in [4.69, 9.17) is 17.3 Å². The van der Waals surface area contributed by atoms with Crippen molar-refractivity contribution < 1.29 is 19.2 Å². The van der Waals surface area contributed by atoms with Crippen molar-refractivity contribution in [2.75, 3.05) is 5.73 Å². The maximum absolute atomic E-state index is 12.9. The summed E-state index contributed by atoms with van der Waals surface area (Å²) in [7, 11) is 0. The van der Waals surface area contributed by atoms with Crippen LogP contribution < -0.4 is 16.4 Å². The molecule has 1 unspecified atom stereocenters. The lowest BCUT2D eigenvalue weighted by atomic mass is 10.0. The van der Waals surface area contributed by atoms with Gasteiger partial charge >= 0.3 is 0 Å². The van der Waals surface area contributed by atoms with Crippen LogP contribution in [0.4, 0.5) is 5.69 Å². The van der Waals surface area contributed by atoms with E-state index >= 15 is 0 Å². The molecule has 5 rings (SSSR count). The lowest BCUT2D eigenvalue weighted by Crippen LogP contribution is -2.52. The van der Waals surface area contributed by atoms with E-state index in [2.05, 4.69) is 20.9 Å². The highest BCUT2D eigenvalue weighted by Gasteiger charge is 2.39. The van der Waals surface area contributed by atoms with E-state index in [1.807, 2.05) is 0 Å². The van der Waals surface area contributed by atoms with Gasteiger partial charge in [0.15, 0.2) is 5.69 Å². The van der Waals surface area contributed by atoms with Crippen molar-refractivity contribution in [1.29, 1.82) is 0 Å². The molecule has 178 valence electrons. The number of amides is 4. The minimum Gasteiger partial charge on any atom is -0.398 e. The second-order valence-corrected chi connectivity index (χ2v) is 8.69. The molecule has 11 nitrogen and oxygen atoms in total. The SMILES string of the molecule is Nc1cccc(Cl)c1CNC(=O)c1cn(-c2ccc3c(c2)CN(C2CCC(=O)NC2=O)C3=O)nn1. The lowest BCUT2D eigenvalue weighted by Gasteiger charge is -2.29. The van der Waals surface area contributed by atoms with Crippen LogP contribution in [0.2, 0.25) is 5.02 Å². The Balaban J connectivity index is 1.29. The number of hydrogen-bond donors (Lipinski definition) is 3. The molecule has 3 aromatic rings. The summed E-state index contributed by atoms with van der Waals surface area (Å²) in [5.74, 6) is -1.51. The molecule has 0 aliphatic carbocycles. The number of fused-ring (bicyclic) bond motifs is 1. The standard InChI is InChI=1S/C23H20ClN7O4/c24-16-2-1-3-17(25)15(16)9-26-21(33)18-11-31(29-28-18)13-4-5-14-12(8-13)10-30(23(14)35)19-6-7-20(32)27-22(19)34/h1-5,8,11,19H,6-7,9-10,25H2,(H,26,33)(H,27,32,34). The third kappa shape index (κ3) is 4.21. The molecule has 3 heterocycles. The van der Waals surface area contributed by atoms with Gasteiger partial charge in [-0.3, -0.25) is 24.5 Å². The minimum absolute atomic E-state index is 0.0948. The Labute approximate surface area is 204 Å². The number of anilines is 1. The number of piperidine rings is 1. The molecule has 0 radical (unpaired) electrons. The van der Waals surface area contributed by atoms with Crippen LogP contribution in [0.1, 0.15) is 44.8 Å². The van der Waals surface area contributed by atoms with Gasteiger partial charge in [0.1, 0.15) is 6.04 Å². The summed E-state index contributed by atoms with van der Waals surface area (Å²) in [4.78, 5) is 50.5. The first-order chi connectivity index (χ1) is 16.8. The predicted octanol–water partition coefficient (Wildman–Crippen LogP) is 1.19. The van der Waals surface area contributed by atoms with E-state index in [0.29, 0.717) is 39.5 Å². The Morgan fingerprint density at radius 1 is 1.23 bits per heavy atom. The first-order valence-electron chi connectivity index (χ1n) is 10.8. The van der Waals surface area contributed by atoms with Crippen molar-refractivity contribution in [2.45, 2.75) is 32.0 Å². The summed E-state index contributed by atoms with van der Waals surface area (Å²) < 4.78 is 1.43. The molecule has 4 amide bonds. The molecular weight excluding hydrogens is 474 g/mol. The number of nitrogens with zero attached hydrogens (tertiary/aromatic N) is 4. The molecule has 2 aromatic carbocycles. The van der Waals surface area contributed by atoms with Crippen molar-refractivity contribution >= 4 is 40.9 Å². The normalized spacial score (nSPS) is 17.3. The van der Waals surface area contributed by atoms with E-state index in [1.165, 1.54) is 15.8 Å². The van der Waals surface area contributed by atoms with Crippen LogP contribution >= 0.6 is 11.6 Å². The van der Waals surface area contributed by atoms with Gasteiger partial charge in [-0.05, 0) is 42.3 Å². The molecule has 2 aliphatic rings. The van der Waals surface area contributed by atoms with Crippen LogP contribution in [-0.2, 0) is 22.7 Å². The zero-order valence-corrected chi connectivity index (χ0v) is 19.1. The number of nitrogen functional groups attached to an aromatic ring is 1. The summed E-state index contributed by atoms with van der Waals surface area (Å²) in [6, 6.07) is 9.53. The van der Waals surface area contributed by atoms with Crippen molar-refractivity contribution in [3.8, 4) is 5.69 Å². The summed E-state index contributed by atoms with van der Waals surface area (Å²) in [6.45, 7) is 0.365. The number of imide groups is 1. The molecule has 1 saturated heterocycles. The van der Waals surface area contributed by atoms with Crippen LogP contribution in [0.3, 0.4) is 0 Å². The van der Waals surface area contributed by atoms with Gasteiger partial charge in [-0.1, -0.05) is 22.9 Å². The molecule has 1 atom stereocenters. The maximum atomic E-state index is 12.9. The molecule has 0 spiro atoms. The number of rotatable bonds is 5. The molecule has 4 N–H and O–H groups in total. The molecule has 0 saturated carbocycles. The van der Waals surface area contributed by atoms with Gasteiger partial charge < -0.3 is 16.0 Å². The first kappa shape index (κ1) is 22.5. The minimum atomic E-state index is -0.690. The molecule has 12 heteroatoms. The van der Waals surface area contributed by atoms with Crippen molar-refractivity contribution in [3.05, 3.63) is 70.0 Å². The van der Waals surface area contributed by atoms with Crippen LogP contribution in [0.15, 0.2) is 42.6 Å². The third-order valence-corrected chi connectivity index (χ3v) is 6.43. The fraction of sp³-hybridized carbons (Fsp3) is 0.217. The zero-order chi connectivity index (χ0) is 24.7. The number of aromatic nitrogens is 3. The fourth-order valence-corrected chi connectivity index (χ4v) is 4.47.